The van der Waals surface area contributed by atoms with Gasteiger partial charge >= 0.3 is 0 Å². The summed E-state index contributed by atoms with van der Waals surface area (Å²) in [6.07, 6.45) is 2.25. The van der Waals surface area contributed by atoms with E-state index in [-0.39, 0.29) is 5.54 Å². The van der Waals surface area contributed by atoms with Crippen LogP contribution in [0.15, 0.2) is 29.2 Å². The highest BCUT2D eigenvalue weighted by molar-refractivity contribution is 7.99. The molecule has 17 heavy (non-hydrogen) atoms. The van der Waals surface area contributed by atoms with Gasteiger partial charge in [-0.15, -0.1) is 11.8 Å². The Morgan fingerprint density at radius 1 is 1.24 bits per heavy atom. The fourth-order valence-electron chi connectivity index (χ4n) is 2.23. The predicted octanol–water partition coefficient (Wildman–Crippen LogP) is 2.94. The third kappa shape index (κ3) is 3.03. The highest BCUT2D eigenvalue weighted by Crippen LogP contribution is 2.43. The summed E-state index contributed by atoms with van der Waals surface area (Å²) in [5.74, 6) is 0. The molecule has 94 valence electrons. The third-order valence-electron chi connectivity index (χ3n) is 3.28. The van der Waals surface area contributed by atoms with Crippen LogP contribution in [0.1, 0.15) is 38.3 Å². The van der Waals surface area contributed by atoms with Crippen LogP contribution >= 0.6 is 11.8 Å². The summed E-state index contributed by atoms with van der Waals surface area (Å²) in [5.41, 5.74) is 7.58. The van der Waals surface area contributed by atoms with Crippen molar-refractivity contribution in [2.45, 2.75) is 48.4 Å². The number of thioether (sulfide) groups is 1. The molecule has 1 atom stereocenters. The van der Waals surface area contributed by atoms with Gasteiger partial charge in [0.25, 0.3) is 0 Å². The van der Waals surface area contributed by atoms with E-state index in [1.807, 2.05) is 18.8 Å². The fraction of sp³-hybridized carbons (Fsp3) is 0.571. The van der Waals surface area contributed by atoms with Gasteiger partial charge < -0.3 is 11.1 Å². The Kier molecular flexibility index (Phi) is 3.81. The van der Waals surface area contributed by atoms with E-state index in [1.165, 1.54) is 10.5 Å². The highest BCUT2D eigenvalue weighted by atomic mass is 32.2. The van der Waals surface area contributed by atoms with Gasteiger partial charge in [0.15, 0.2) is 0 Å². The molecule has 0 heterocycles. The molecule has 0 amide bonds. The van der Waals surface area contributed by atoms with E-state index in [0.29, 0.717) is 11.3 Å². The largest absolute Gasteiger partial charge is 0.323 e. The van der Waals surface area contributed by atoms with Crippen LogP contribution in [0.4, 0.5) is 0 Å². The van der Waals surface area contributed by atoms with Gasteiger partial charge in [0.2, 0.25) is 0 Å². The molecular formula is C14H22N2S. The smallest absolute Gasteiger partial charge is 0.0500 e. The van der Waals surface area contributed by atoms with Crippen LogP contribution in [-0.2, 0) is 0 Å². The molecule has 1 unspecified atom stereocenters. The van der Waals surface area contributed by atoms with Crippen molar-refractivity contribution in [3.05, 3.63) is 29.8 Å². The molecule has 0 aromatic heterocycles. The van der Waals surface area contributed by atoms with E-state index in [4.69, 9.17) is 5.73 Å². The molecule has 1 aliphatic rings. The zero-order chi connectivity index (χ0) is 12.5. The van der Waals surface area contributed by atoms with Crippen molar-refractivity contribution in [2.24, 2.45) is 5.73 Å². The van der Waals surface area contributed by atoms with Crippen LogP contribution in [0.25, 0.3) is 0 Å². The Hall–Kier alpha value is -0.510. The lowest BCUT2D eigenvalue weighted by Crippen LogP contribution is -2.38. The maximum atomic E-state index is 6.28. The van der Waals surface area contributed by atoms with Crippen LogP contribution in [0.2, 0.25) is 0 Å². The topological polar surface area (TPSA) is 38.0 Å². The van der Waals surface area contributed by atoms with Crippen molar-refractivity contribution in [1.82, 2.24) is 5.32 Å². The molecule has 2 nitrogen and oxygen atoms in total. The van der Waals surface area contributed by atoms with E-state index < -0.39 is 0 Å². The predicted molar refractivity (Wildman–Crippen MR) is 75.4 cm³/mol. The van der Waals surface area contributed by atoms with Gasteiger partial charge in [0.1, 0.15) is 0 Å². The SMILES string of the molecule is CNC(c1ccc(SC(C)C)cc1)C1(N)CC1. The Morgan fingerprint density at radius 2 is 1.82 bits per heavy atom. The zero-order valence-corrected chi connectivity index (χ0v) is 11.7. The molecule has 1 aromatic rings. The van der Waals surface area contributed by atoms with E-state index in [2.05, 4.69) is 43.4 Å². The number of benzene rings is 1. The molecule has 1 aromatic carbocycles. The third-order valence-corrected chi connectivity index (χ3v) is 4.29. The van der Waals surface area contributed by atoms with Crippen molar-refractivity contribution >= 4 is 11.8 Å². The van der Waals surface area contributed by atoms with Gasteiger partial charge in [-0.25, -0.2) is 0 Å². The van der Waals surface area contributed by atoms with Crippen molar-refractivity contribution < 1.29 is 0 Å². The molecule has 3 heteroatoms. The minimum atomic E-state index is -0.0124. The molecule has 2 rings (SSSR count). The molecule has 0 bridgehead atoms. The second-order valence-electron chi connectivity index (χ2n) is 5.19. The number of likely N-dealkylation sites (N-methyl/N-ethyl adjacent to an activating group) is 1. The highest BCUT2D eigenvalue weighted by Gasteiger charge is 2.45. The van der Waals surface area contributed by atoms with E-state index >= 15 is 0 Å². The van der Waals surface area contributed by atoms with Gasteiger partial charge in [-0.05, 0) is 37.6 Å². The molecule has 0 saturated heterocycles. The Morgan fingerprint density at radius 3 is 2.24 bits per heavy atom. The monoisotopic (exact) mass is 250 g/mol. The molecular weight excluding hydrogens is 228 g/mol. The lowest BCUT2D eigenvalue weighted by Gasteiger charge is -2.23. The standard InChI is InChI=1S/C14H22N2S/c1-10(2)17-12-6-4-11(5-7-12)13(16-3)14(15)8-9-14/h4-7,10,13,16H,8-9,15H2,1-3H3. The first kappa shape index (κ1) is 12.9. The zero-order valence-electron chi connectivity index (χ0n) is 10.9. The summed E-state index contributed by atoms with van der Waals surface area (Å²) in [6, 6.07) is 9.12. The van der Waals surface area contributed by atoms with E-state index in [0.717, 1.165) is 12.8 Å². The van der Waals surface area contributed by atoms with Crippen molar-refractivity contribution in [1.29, 1.82) is 0 Å². The van der Waals surface area contributed by atoms with Crippen LogP contribution < -0.4 is 11.1 Å². The lowest BCUT2D eigenvalue weighted by atomic mass is 9.98. The fourth-order valence-corrected chi connectivity index (χ4v) is 3.07. The molecule has 0 spiro atoms. The minimum Gasteiger partial charge on any atom is -0.323 e. The summed E-state index contributed by atoms with van der Waals surface area (Å²) in [7, 11) is 1.99. The van der Waals surface area contributed by atoms with Crippen molar-refractivity contribution in [3.63, 3.8) is 0 Å². The van der Waals surface area contributed by atoms with E-state index in [1.54, 1.807) is 0 Å². The second kappa shape index (κ2) is 5.01. The van der Waals surface area contributed by atoms with Gasteiger partial charge in [0.05, 0.1) is 6.04 Å². The second-order valence-corrected chi connectivity index (χ2v) is 6.84. The normalized spacial score (nSPS) is 19.4. The molecule has 1 aliphatic carbocycles. The number of nitrogens with two attached hydrogens (primary N) is 1. The van der Waals surface area contributed by atoms with Gasteiger partial charge in [-0.1, -0.05) is 26.0 Å². The average molecular weight is 250 g/mol. The molecule has 1 saturated carbocycles. The first-order valence-electron chi connectivity index (χ1n) is 6.28. The van der Waals surface area contributed by atoms with Crippen LogP contribution in [-0.4, -0.2) is 17.8 Å². The summed E-state index contributed by atoms with van der Waals surface area (Å²) in [6.45, 7) is 4.43. The summed E-state index contributed by atoms with van der Waals surface area (Å²) < 4.78 is 0. The Balaban J connectivity index is 2.11. The van der Waals surface area contributed by atoms with Gasteiger partial charge in [-0.2, -0.15) is 0 Å². The van der Waals surface area contributed by atoms with Gasteiger partial charge in [0, 0.05) is 15.7 Å². The van der Waals surface area contributed by atoms with Crippen LogP contribution in [0.5, 0.6) is 0 Å². The summed E-state index contributed by atoms with van der Waals surface area (Å²) in [5, 5.41) is 3.98. The molecule has 0 radical (unpaired) electrons. The minimum absolute atomic E-state index is 0.0124. The number of rotatable bonds is 5. The van der Waals surface area contributed by atoms with Crippen LogP contribution in [0.3, 0.4) is 0 Å². The molecule has 3 N–H and O–H groups in total. The van der Waals surface area contributed by atoms with Crippen LogP contribution in [0, 0.1) is 0 Å². The maximum absolute atomic E-state index is 6.28. The van der Waals surface area contributed by atoms with Gasteiger partial charge in [-0.3, -0.25) is 0 Å². The summed E-state index contributed by atoms with van der Waals surface area (Å²) >= 11 is 1.90. The number of hydrogen-bond acceptors (Lipinski definition) is 3. The Bertz CT molecular complexity index is 368. The lowest BCUT2D eigenvalue weighted by molar-refractivity contribution is 0.461. The van der Waals surface area contributed by atoms with E-state index in [9.17, 15) is 0 Å². The van der Waals surface area contributed by atoms with Crippen molar-refractivity contribution in [2.75, 3.05) is 7.05 Å². The average Bonchev–Trinajstić information content (AvgIpc) is 3.00. The number of hydrogen-bond donors (Lipinski definition) is 2. The first-order chi connectivity index (χ1) is 8.05. The maximum Gasteiger partial charge on any atom is 0.0500 e. The quantitative estimate of drug-likeness (QED) is 0.789. The molecule has 1 fully saturated rings. The Labute approximate surface area is 108 Å². The summed E-state index contributed by atoms with van der Waals surface area (Å²) in [4.78, 5) is 1.33. The number of nitrogens with one attached hydrogen (secondary N) is 1. The first-order valence-corrected chi connectivity index (χ1v) is 7.16. The molecule has 0 aliphatic heterocycles. The van der Waals surface area contributed by atoms with Crippen molar-refractivity contribution in [3.8, 4) is 0 Å².